The number of hydrogen-bond acceptors (Lipinski definition) is 4. The second-order valence-electron chi connectivity index (χ2n) is 8.27. The third kappa shape index (κ3) is 3.66. The van der Waals surface area contributed by atoms with Crippen molar-refractivity contribution in [2.24, 2.45) is 0 Å². The molecule has 0 spiro atoms. The van der Waals surface area contributed by atoms with Crippen LogP contribution in [0.3, 0.4) is 0 Å². The first-order valence-electron chi connectivity index (χ1n) is 10.9. The normalized spacial score (nSPS) is 14.3. The number of benzene rings is 2. The molecule has 33 heavy (non-hydrogen) atoms. The van der Waals surface area contributed by atoms with Gasteiger partial charge in [-0.1, -0.05) is 23.8 Å². The highest BCUT2D eigenvalue weighted by Crippen LogP contribution is 2.31. The average Bonchev–Trinajstić information content (AvgIpc) is 3.21. The second-order valence-corrected chi connectivity index (χ2v) is 8.27. The van der Waals surface area contributed by atoms with Crippen molar-refractivity contribution in [2.45, 2.75) is 26.4 Å². The van der Waals surface area contributed by atoms with Gasteiger partial charge in [0, 0.05) is 35.7 Å². The molecule has 2 aromatic carbocycles. The molecule has 0 bridgehead atoms. The lowest BCUT2D eigenvalue weighted by atomic mass is 10.0. The number of aliphatic hydroxyl groups excluding tert-OH is 1. The Kier molecular flexibility index (Phi) is 5.18. The van der Waals surface area contributed by atoms with E-state index in [1.807, 2.05) is 55.5 Å². The number of carbonyl (C=O) groups is 1. The SMILES string of the molecule is Cc1ccc(-n2nc(C(C)O)c3c2C(=O)N(c2ccc(-n4ccccc4=O)cc2)CC3)cc1. The van der Waals surface area contributed by atoms with Gasteiger partial charge >= 0.3 is 0 Å². The molecule has 0 aliphatic carbocycles. The van der Waals surface area contributed by atoms with E-state index in [9.17, 15) is 14.7 Å². The number of carbonyl (C=O) groups excluding carboxylic acids is 1. The lowest BCUT2D eigenvalue weighted by molar-refractivity contribution is 0.0973. The Hall–Kier alpha value is -3.97. The van der Waals surface area contributed by atoms with Gasteiger partial charge in [0.25, 0.3) is 11.5 Å². The molecule has 1 unspecified atom stereocenters. The molecule has 1 atom stereocenters. The molecular formula is C26H24N4O3. The molecule has 166 valence electrons. The molecule has 1 aliphatic rings. The van der Waals surface area contributed by atoms with E-state index in [0.29, 0.717) is 24.4 Å². The number of aromatic nitrogens is 3. The van der Waals surface area contributed by atoms with Crippen molar-refractivity contribution in [3.8, 4) is 11.4 Å². The van der Waals surface area contributed by atoms with Crippen LogP contribution < -0.4 is 10.5 Å². The van der Waals surface area contributed by atoms with Crippen LogP contribution in [0.25, 0.3) is 11.4 Å². The summed E-state index contributed by atoms with van der Waals surface area (Å²) in [5, 5.41) is 14.9. The van der Waals surface area contributed by atoms with Crippen LogP contribution in [-0.4, -0.2) is 31.9 Å². The van der Waals surface area contributed by atoms with Crippen molar-refractivity contribution in [3.63, 3.8) is 0 Å². The quantitative estimate of drug-likeness (QED) is 0.526. The fourth-order valence-electron chi connectivity index (χ4n) is 4.28. The van der Waals surface area contributed by atoms with Crippen LogP contribution in [0.15, 0.2) is 77.7 Å². The van der Waals surface area contributed by atoms with Crippen molar-refractivity contribution in [1.29, 1.82) is 0 Å². The van der Waals surface area contributed by atoms with Gasteiger partial charge < -0.3 is 10.0 Å². The third-order valence-corrected chi connectivity index (χ3v) is 5.98. The van der Waals surface area contributed by atoms with Crippen molar-refractivity contribution < 1.29 is 9.90 Å². The fourth-order valence-corrected chi connectivity index (χ4v) is 4.28. The van der Waals surface area contributed by atoms with Crippen LogP contribution >= 0.6 is 0 Å². The summed E-state index contributed by atoms with van der Waals surface area (Å²) in [6.07, 6.45) is 1.54. The van der Waals surface area contributed by atoms with Gasteiger partial charge in [-0.25, -0.2) is 4.68 Å². The zero-order valence-corrected chi connectivity index (χ0v) is 18.5. The van der Waals surface area contributed by atoms with Crippen molar-refractivity contribution in [2.75, 3.05) is 11.4 Å². The van der Waals surface area contributed by atoms with Gasteiger partial charge in [0.1, 0.15) is 5.69 Å². The maximum Gasteiger partial charge on any atom is 0.277 e. The first-order chi connectivity index (χ1) is 15.9. The van der Waals surface area contributed by atoms with E-state index >= 15 is 0 Å². The summed E-state index contributed by atoms with van der Waals surface area (Å²) in [6.45, 7) is 4.16. The van der Waals surface area contributed by atoms with Crippen LogP contribution in [0, 0.1) is 6.92 Å². The zero-order chi connectivity index (χ0) is 23.1. The van der Waals surface area contributed by atoms with Gasteiger partial charge in [-0.2, -0.15) is 5.10 Å². The van der Waals surface area contributed by atoms with E-state index in [4.69, 9.17) is 0 Å². The molecule has 0 saturated heterocycles. The number of aryl methyl sites for hydroxylation is 1. The number of anilines is 1. The van der Waals surface area contributed by atoms with Crippen LogP contribution in [-0.2, 0) is 6.42 Å². The summed E-state index contributed by atoms with van der Waals surface area (Å²) < 4.78 is 3.20. The Morgan fingerprint density at radius 2 is 1.58 bits per heavy atom. The monoisotopic (exact) mass is 440 g/mol. The Labute approximate surface area is 191 Å². The van der Waals surface area contributed by atoms with Crippen LogP contribution in [0.2, 0.25) is 0 Å². The smallest absolute Gasteiger partial charge is 0.277 e. The highest BCUT2D eigenvalue weighted by atomic mass is 16.3. The van der Waals surface area contributed by atoms with E-state index < -0.39 is 6.10 Å². The van der Waals surface area contributed by atoms with Gasteiger partial charge in [0.05, 0.1) is 17.5 Å². The predicted octanol–water partition coefficient (Wildman–Crippen LogP) is 3.59. The molecule has 1 N–H and O–H groups in total. The molecule has 0 radical (unpaired) electrons. The Morgan fingerprint density at radius 3 is 2.24 bits per heavy atom. The maximum absolute atomic E-state index is 13.7. The lowest BCUT2D eigenvalue weighted by Crippen LogP contribution is -2.39. The zero-order valence-electron chi connectivity index (χ0n) is 18.5. The van der Waals surface area contributed by atoms with E-state index in [-0.39, 0.29) is 11.5 Å². The minimum absolute atomic E-state index is 0.114. The first kappa shape index (κ1) is 20.9. The van der Waals surface area contributed by atoms with Crippen LogP contribution in [0.4, 0.5) is 5.69 Å². The van der Waals surface area contributed by atoms with Gasteiger partial charge in [-0.3, -0.25) is 14.2 Å². The summed E-state index contributed by atoms with van der Waals surface area (Å²) in [6, 6.07) is 20.2. The number of nitrogens with zero attached hydrogens (tertiary/aromatic N) is 4. The first-order valence-corrected chi connectivity index (χ1v) is 10.9. The van der Waals surface area contributed by atoms with Crippen LogP contribution in [0.1, 0.15) is 40.3 Å². The van der Waals surface area contributed by atoms with E-state index in [2.05, 4.69) is 5.10 Å². The van der Waals surface area contributed by atoms with Gasteiger partial charge in [-0.05, 0) is 62.7 Å². The topological polar surface area (TPSA) is 80.4 Å². The summed E-state index contributed by atoms with van der Waals surface area (Å²) in [5.41, 5.74) is 5.06. The Balaban J connectivity index is 1.54. The summed E-state index contributed by atoms with van der Waals surface area (Å²) in [4.78, 5) is 27.5. The number of hydrogen-bond donors (Lipinski definition) is 1. The minimum Gasteiger partial charge on any atom is -0.387 e. The summed E-state index contributed by atoms with van der Waals surface area (Å²) in [7, 11) is 0. The molecule has 0 fully saturated rings. The number of aliphatic hydroxyl groups is 1. The number of fused-ring (bicyclic) bond motifs is 1. The molecule has 4 aromatic rings. The molecule has 7 heteroatoms. The largest absolute Gasteiger partial charge is 0.387 e. The number of rotatable bonds is 4. The minimum atomic E-state index is -0.770. The molecule has 0 saturated carbocycles. The van der Waals surface area contributed by atoms with Gasteiger partial charge in [0.2, 0.25) is 0 Å². The van der Waals surface area contributed by atoms with E-state index in [0.717, 1.165) is 28.2 Å². The molecule has 5 rings (SSSR count). The van der Waals surface area contributed by atoms with E-state index in [1.54, 1.807) is 39.4 Å². The molecular weight excluding hydrogens is 416 g/mol. The highest BCUT2D eigenvalue weighted by Gasteiger charge is 2.34. The van der Waals surface area contributed by atoms with Crippen LogP contribution in [0.5, 0.6) is 0 Å². The molecule has 3 heterocycles. The summed E-state index contributed by atoms with van der Waals surface area (Å²) >= 11 is 0. The maximum atomic E-state index is 13.7. The van der Waals surface area contributed by atoms with Crippen molar-refractivity contribution in [1.82, 2.24) is 14.3 Å². The molecule has 2 aromatic heterocycles. The predicted molar refractivity (Wildman–Crippen MR) is 126 cm³/mol. The average molecular weight is 441 g/mol. The Bertz CT molecular complexity index is 1380. The van der Waals surface area contributed by atoms with E-state index in [1.165, 1.54) is 6.07 Å². The standard InChI is InChI=1S/C26H24N4O3/c1-17-6-8-21(9-7-17)30-25-22(24(27-30)18(2)31)14-16-29(26(25)33)20-12-10-19(11-13-20)28-15-4-3-5-23(28)32/h3-13,15,18,31H,14,16H2,1-2H3. The van der Waals surface area contributed by atoms with Crippen molar-refractivity contribution >= 4 is 11.6 Å². The lowest BCUT2D eigenvalue weighted by Gasteiger charge is -2.28. The third-order valence-electron chi connectivity index (χ3n) is 5.98. The molecule has 1 aliphatic heterocycles. The molecule has 7 nitrogen and oxygen atoms in total. The summed E-state index contributed by atoms with van der Waals surface area (Å²) in [5.74, 6) is -0.166. The second kappa shape index (κ2) is 8.18. The fraction of sp³-hybridized carbons (Fsp3) is 0.192. The number of pyridine rings is 1. The number of amides is 1. The van der Waals surface area contributed by atoms with Gasteiger partial charge in [0.15, 0.2) is 0 Å². The van der Waals surface area contributed by atoms with Gasteiger partial charge in [-0.15, -0.1) is 0 Å². The highest BCUT2D eigenvalue weighted by molar-refractivity contribution is 6.07. The Morgan fingerprint density at radius 1 is 0.909 bits per heavy atom. The van der Waals surface area contributed by atoms with Crippen molar-refractivity contribution in [3.05, 3.63) is 106 Å². The molecule has 1 amide bonds.